The standard InChI is InChI=1S/C17H20Cl2N4O/c1-10-13(18)8-9-14(19)16(10)23-17(24)15(11(2)22-23)21-20-12-6-4-3-5-7-12/h3-11,16,20-22,24H,1-2H3. The van der Waals surface area contributed by atoms with Crippen LogP contribution in [0.25, 0.3) is 0 Å². The number of hydrogen-bond acceptors (Lipinski definition) is 5. The van der Waals surface area contributed by atoms with Crippen LogP contribution in [0, 0.1) is 5.92 Å². The molecule has 4 N–H and O–H groups in total. The SMILES string of the molecule is CC1NN(C2C(Cl)=CC=C(Cl)C2C)C(O)=C1NNc1ccccc1. The normalized spacial score (nSPS) is 27.0. The van der Waals surface area contributed by atoms with E-state index in [9.17, 15) is 5.11 Å². The van der Waals surface area contributed by atoms with E-state index in [0.717, 1.165) is 5.69 Å². The Bertz CT molecular complexity index is 702. The summed E-state index contributed by atoms with van der Waals surface area (Å²) in [4.78, 5) is 0. The van der Waals surface area contributed by atoms with Gasteiger partial charge in [0.25, 0.3) is 0 Å². The molecule has 3 unspecified atom stereocenters. The first-order valence-corrected chi connectivity index (χ1v) is 8.53. The molecule has 128 valence electrons. The van der Waals surface area contributed by atoms with Crippen LogP contribution in [0.2, 0.25) is 0 Å². The van der Waals surface area contributed by atoms with E-state index in [1.807, 2.05) is 44.2 Å². The van der Waals surface area contributed by atoms with Crippen molar-refractivity contribution in [3.63, 3.8) is 0 Å². The van der Waals surface area contributed by atoms with Crippen LogP contribution in [0.4, 0.5) is 5.69 Å². The molecule has 3 atom stereocenters. The number of nitrogens with zero attached hydrogens (tertiary/aromatic N) is 1. The highest BCUT2D eigenvalue weighted by atomic mass is 35.5. The van der Waals surface area contributed by atoms with Crippen LogP contribution in [-0.4, -0.2) is 22.2 Å². The number of rotatable bonds is 4. The molecule has 0 saturated carbocycles. The van der Waals surface area contributed by atoms with E-state index in [4.69, 9.17) is 23.2 Å². The van der Waals surface area contributed by atoms with Crippen molar-refractivity contribution in [1.82, 2.24) is 15.9 Å². The molecule has 2 aliphatic rings. The number of nitrogens with one attached hydrogen (secondary N) is 3. The molecule has 0 amide bonds. The number of allylic oxidation sites excluding steroid dienone is 2. The lowest BCUT2D eigenvalue weighted by Crippen LogP contribution is -2.47. The average Bonchev–Trinajstić information content (AvgIpc) is 2.85. The van der Waals surface area contributed by atoms with Crippen LogP contribution >= 0.6 is 23.2 Å². The second kappa shape index (κ2) is 6.97. The summed E-state index contributed by atoms with van der Waals surface area (Å²) in [6, 6.07) is 9.31. The van der Waals surface area contributed by atoms with Crippen LogP contribution in [0.15, 0.2) is 64.1 Å². The summed E-state index contributed by atoms with van der Waals surface area (Å²) in [5.74, 6) is 0.0631. The highest BCUT2D eigenvalue weighted by molar-refractivity contribution is 6.33. The second-order valence-corrected chi connectivity index (χ2v) is 6.78. The quantitative estimate of drug-likeness (QED) is 0.610. The molecular formula is C17H20Cl2N4O. The summed E-state index contributed by atoms with van der Waals surface area (Å²) in [6.45, 7) is 3.93. The van der Waals surface area contributed by atoms with E-state index in [1.54, 1.807) is 17.2 Å². The van der Waals surface area contributed by atoms with Crippen LogP contribution < -0.4 is 16.3 Å². The van der Waals surface area contributed by atoms with E-state index >= 15 is 0 Å². The van der Waals surface area contributed by atoms with Gasteiger partial charge in [0, 0.05) is 16.0 Å². The Morgan fingerprint density at radius 2 is 1.71 bits per heavy atom. The lowest BCUT2D eigenvalue weighted by Gasteiger charge is -2.35. The van der Waals surface area contributed by atoms with Gasteiger partial charge in [0.15, 0.2) is 0 Å². The Morgan fingerprint density at radius 3 is 2.42 bits per heavy atom. The Balaban J connectivity index is 1.78. The van der Waals surface area contributed by atoms with Crippen molar-refractivity contribution in [2.75, 3.05) is 5.43 Å². The fourth-order valence-corrected chi connectivity index (χ4v) is 3.37. The first-order chi connectivity index (χ1) is 11.5. The molecule has 0 radical (unpaired) electrons. The van der Waals surface area contributed by atoms with Crippen LogP contribution in [0.1, 0.15) is 13.8 Å². The maximum absolute atomic E-state index is 10.7. The maximum atomic E-state index is 10.7. The number of halogens is 2. The molecule has 3 rings (SSSR count). The molecule has 1 aromatic carbocycles. The van der Waals surface area contributed by atoms with Gasteiger partial charge in [-0.25, -0.2) is 5.43 Å². The second-order valence-electron chi connectivity index (χ2n) is 5.91. The molecule has 24 heavy (non-hydrogen) atoms. The Kier molecular flexibility index (Phi) is 4.94. The fraction of sp³-hybridized carbons (Fsp3) is 0.294. The van der Waals surface area contributed by atoms with Crippen molar-refractivity contribution >= 4 is 28.9 Å². The van der Waals surface area contributed by atoms with Crippen molar-refractivity contribution in [3.05, 3.63) is 64.1 Å². The summed E-state index contributed by atoms with van der Waals surface area (Å²) >= 11 is 12.6. The topological polar surface area (TPSA) is 59.6 Å². The Morgan fingerprint density at radius 1 is 1.04 bits per heavy atom. The zero-order valence-electron chi connectivity index (χ0n) is 13.4. The van der Waals surface area contributed by atoms with Gasteiger partial charge in [-0.1, -0.05) is 48.3 Å². The number of hydrazine groups is 2. The van der Waals surface area contributed by atoms with E-state index in [2.05, 4.69) is 16.3 Å². The number of aliphatic hydroxyl groups excluding tert-OH is 1. The zero-order chi connectivity index (χ0) is 17.3. The highest BCUT2D eigenvalue weighted by Gasteiger charge is 2.39. The first-order valence-electron chi connectivity index (χ1n) is 7.77. The number of aliphatic hydroxyl groups is 1. The van der Waals surface area contributed by atoms with Crippen molar-refractivity contribution in [3.8, 4) is 0 Å². The molecule has 1 heterocycles. The molecule has 0 fully saturated rings. The third-order valence-corrected chi connectivity index (χ3v) is 5.04. The Labute approximate surface area is 151 Å². The maximum Gasteiger partial charge on any atom is 0.225 e. The van der Waals surface area contributed by atoms with Gasteiger partial charge in [-0.05, 0) is 31.2 Å². The zero-order valence-corrected chi connectivity index (χ0v) is 14.9. The largest absolute Gasteiger partial charge is 0.492 e. The van der Waals surface area contributed by atoms with E-state index in [1.165, 1.54) is 0 Å². The summed E-state index contributed by atoms with van der Waals surface area (Å²) in [5, 5.41) is 13.7. The van der Waals surface area contributed by atoms with Crippen LogP contribution in [-0.2, 0) is 0 Å². The smallest absolute Gasteiger partial charge is 0.225 e. The van der Waals surface area contributed by atoms with Crippen molar-refractivity contribution in [2.24, 2.45) is 5.92 Å². The summed E-state index contributed by atoms with van der Waals surface area (Å²) in [6.07, 6.45) is 3.56. The van der Waals surface area contributed by atoms with Gasteiger partial charge in [-0.2, -0.15) is 0 Å². The predicted molar refractivity (Wildman–Crippen MR) is 98.1 cm³/mol. The molecule has 0 spiro atoms. The third kappa shape index (κ3) is 3.20. The number of benzene rings is 1. The summed E-state index contributed by atoms with van der Waals surface area (Å²) in [5.41, 5.74) is 10.9. The van der Waals surface area contributed by atoms with Gasteiger partial charge in [0.1, 0.15) is 5.70 Å². The molecule has 1 aliphatic heterocycles. The molecule has 5 nitrogen and oxygen atoms in total. The Hall–Kier alpha value is -1.82. The van der Waals surface area contributed by atoms with Gasteiger partial charge in [0.2, 0.25) is 5.88 Å². The van der Waals surface area contributed by atoms with E-state index < -0.39 is 0 Å². The van der Waals surface area contributed by atoms with Gasteiger partial charge in [-0.15, -0.1) is 0 Å². The number of anilines is 1. The van der Waals surface area contributed by atoms with Gasteiger partial charge < -0.3 is 10.5 Å². The molecule has 1 aliphatic carbocycles. The average molecular weight is 367 g/mol. The third-order valence-electron chi connectivity index (χ3n) is 4.22. The van der Waals surface area contributed by atoms with E-state index in [0.29, 0.717) is 15.8 Å². The minimum absolute atomic E-state index is 0.0348. The number of para-hydroxylation sites is 1. The minimum Gasteiger partial charge on any atom is -0.492 e. The molecule has 0 saturated heterocycles. The van der Waals surface area contributed by atoms with E-state index in [-0.39, 0.29) is 23.9 Å². The monoisotopic (exact) mass is 366 g/mol. The predicted octanol–water partition coefficient (Wildman–Crippen LogP) is 3.80. The molecule has 0 bridgehead atoms. The van der Waals surface area contributed by atoms with Crippen molar-refractivity contribution in [1.29, 1.82) is 0 Å². The number of hydrogen-bond donors (Lipinski definition) is 4. The molecule has 0 aromatic heterocycles. The highest BCUT2D eigenvalue weighted by Crippen LogP contribution is 2.36. The lowest BCUT2D eigenvalue weighted by molar-refractivity contribution is 0.112. The lowest BCUT2D eigenvalue weighted by atomic mass is 9.96. The van der Waals surface area contributed by atoms with Gasteiger partial charge in [0.05, 0.1) is 17.8 Å². The van der Waals surface area contributed by atoms with Crippen molar-refractivity contribution < 1.29 is 5.11 Å². The first kappa shape index (κ1) is 17.0. The van der Waals surface area contributed by atoms with Crippen LogP contribution in [0.3, 0.4) is 0 Å². The van der Waals surface area contributed by atoms with Gasteiger partial charge >= 0.3 is 0 Å². The summed E-state index contributed by atoms with van der Waals surface area (Å²) in [7, 11) is 0. The van der Waals surface area contributed by atoms with Crippen LogP contribution in [0.5, 0.6) is 0 Å². The summed E-state index contributed by atoms with van der Waals surface area (Å²) < 4.78 is 0. The van der Waals surface area contributed by atoms with Gasteiger partial charge in [-0.3, -0.25) is 10.4 Å². The molecule has 7 heteroatoms. The molecular weight excluding hydrogens is 347 g/mol. The fourth-order valence-electron chi connectivity index (χ4n) is 2.84. The van der Waals surface area contributed by atoms with Crippen molar-refractivity contribution in [2.45, 2.75) is 25.9 Å². The molecule has 1 aromatic rings. The minimum atomic E-state index is -0.261.